The molecule has 5 heteroatoms. The van der Waals surface area contributed by atoms with Gasteiger partial charge in [0.05, 0.1) is 10.2 Å². The minimum Gasteiger partial charge on any atom is -0.369 e. The molecular weight excluding hydrogens is 328 g/mol. The third kappa shape index (κ3) is 3.33. The molecule has 0 radical (unpaired) electrons. The lowest BCUT2D eigenvalue weighted by atomic mass is 10.0. The van der Waals surface area contributed by atoms with E-state index in [4.69, 9.17) is 9.97 Å². The fourth-order valence-corrected chi connectivity index (χ4v) is 4.08. The smallest absolute Gasteiger partial charge is 0.227 e. The summed E-state index contributed by atoms with van der Waals surface area (Å²) in [5.74, 6) is 2.49. The number of anilines is 2. The van der Waals surface area contributed by atoms with Crippen LogP contribution in [0.15, 0.2) is 4.47 Å². The lowest BCUT2D eigenvalue weighted by Crippen LogP contribution is -2.31. The van der Waals surface area contributed by atoms with Crippen molar-refractivity contribution in [2.45, 2.75) is 57.8 Å². The van der Waals surface area contributed by atoms with Gasteiger partial charge >= 0.3 is 0 Å². The molecule has 0 atom stereocenters. The van der Waals surface area contributed by atoms with E-state index in [1.807, 2.05) is 0 Å². The van der Waals surface area contributed by atoms with Crippen LogP contribution in [0.4, 0.5) is 11.8 Å². The van der Waals surface area contributed by atoms with Crippen LogP contribution >= 0.6 is 15.9 Å². The molecule has 0 aromatic carbocycles. The van der Waals surface area contributed by atoms with E-state index >= 15 is 0 Å². The Labute approximate surface area is 135 Å². The molecule has 2 heterocycles. The maximum Gasteiger partial charge on any atom is 0.227 e. The van der Waals surface area contributed by atoms with Crippen molar-refractivity contribution in [1.29, 1.82) is 0 Å². The summed E-state index contributed by atoms with van der Waals surface area (Å²) in [6.07, 6.45) is 9.04. The number of hydrogen-bond acceptors (Lipinski definition) is 4. The summed E-state index contributed by atoms with van der Waals surface area (Å²) < 4.78 is 1.08. The first-order chi connectivity index (χ1) is 10.3. The first kappa shape index (κ1) is 15.1. The number of hydrogen-bond donors (Lipinski definition) is 1. The molecule has 1 aromatic rings. The van der Waals surface area contributed by atoms with E-state index in [0.29, 0.717) is 5.92 Å². The molecule has 0 bridgehead atoms. The zero-order chi connectivity index (χ0) is 14.7. The third-order valence-electron chi connectivity index (χ3n) is 4.59. The van der Waals surface area contributed by atoms with Crippen LogP contribution in [-0.4, -0.2) is 29.6 Å². The molecule has 1 aliphatic carbocycles. The van der Waals surface area contributed by atoms with E-state index in [1.165, 1.54) is 50.6 Å². The summed E-state index contributed by atoms with van der Waals surface area (Å²) in [5, 5.41) is 3.39. The fourth-order valence-electron chi connectivity index (χ4n) is 3.44. The predicted molar refractivity (Wildman–Crippen MR) is 91.2 cm³/mol. The molecule has 1 saturated carbocycles. The van der Waals surface area contributed by atoms with Crippen LogP contribution in [-0.2, 0) is 0 Å². The zero-order valence-electron chi connectivity index (χ0n) is 12.9. The molecule has 116 valence electrons. The van der Waals surface area contributed by atoms with Crippen LogP contribution in [0.2, 0.25) is 0 Å². The van der Waals surface area contributed by atoms with Crippen molar-refractivity contribution < 1.29 is 0 Å². The van der Waals surface area contributed by atoms with Crippen molar-refractivity contribution in [3.63, 3.8) is 0 Å². The second-order valence-corrected chi connectivity index (χ2v) is 6.92. The van der Waals surface area contributed by atoms with Crippen molar-refractivity contribution in [3.05, 3.63) is 10.2 Å². The number of nitrogens with one attached hydrogen (secondary N) is 1. The number of nitrogens with zero attached hydrogens (tertiary/aromatic N) is 3. The van der Waals surface area contributed by atoms with E-state index in [9.17, 15) is 0 Å². The van der Waals surface area contributed by atoms with Crippen molar-refractivity contribution in [2.75, 3.05) is 29.9 Å². The highest BCUT2D eigenvalue weighted by Crippen LogP contribution is 2.39. The quantitative estimate of drug-likeness (QED) is 0.875. The first-order valence-electron chi connectivity index (χ1n) is 8.36. The average molecular weight is 353 g/mol. The Morgan fingerprint density at radius 1 is 1.10 bits per heavy atom. The highest BCUT2D eigenvalue weighted by atomic mass is 79.9. The Bertz CT molecular complexity index is 479. The zero-order valence-corrected chi connectivity index (χ0v) is 14.5. The SMILES string of the molecule is CCNc1nc(N2CCCCC2)nc(C2CCCC2)c1Br. The topological polar surface area (TPSA) is 41.1 Å². The standard InChI is InChI=1S/C16H25BrN4/c1-2-18-15-13(17)14(12-8-4-5-9-12)19-16(20-15)21-10-6-3-7-11-21/h12H,2-11H2,1H3,(H,18,19,20). The monoisotopic (exact) mass is 352 g/mol. The van der Waals surface area contributed by atoms with Gasteiger partial charge in [0.25, 0.3) is 0 Å². The Hall–Kier alpha value is -0.840. The summed E-state index contributed by atoms with van der Waals surface area (Å²) in [6.45, 7) is 5.19. The molecule has 2 aliphatic rings. The maximum absolute atomic E-state index is 4.95. The van der Waals surface area contributed by atoms with E-state index in [1.54, 1.807) is 0 Å². The van der Waals surface area contributed by atoms with Crippen LogP contribution in [0.25, 0.3) is 0 Å². The summed E-state index contributed by atoms with van der Waals surface area (Å²) >= 11 is 3.74. The van der Waals surface area contributed by atoms with Gasteiger partial charge in [0, 0.05) is 25.6 Å². The molecule has 1 aliphatic heterocycles. The van der Waals surface area contributed by atoms with E-state index in [0.717, 1.165) is 35.9 Å². The van der Waals surface area contributed by atoms with Crippen molar-refractivity contribution >= 4 is 27.7 Å². The van der Waals surface area contributed by atoms with Crippen LogP contribution in [0.1, 0.15) is 63.5 Å². The van der Waals surface area contributed by atoms with Crippen LogP contribution in [0.5, 0.6) is 0 Å². The average Bonchev–Trinajstić information content (AvgIpc) is 3.04. The van der Waals surface area contributed by atoms with Crippen molar-refractivity contribution in [1.82, 2.24) is 9.97 Å². The minimum atomic E-state index is 0.600. The molecule has 4 nitrogen and oxygen atoms in total. The Kier molecular flexibility index (Phi) is 4.99. The predicted octanol–water partition coefficient (Wildman–Crippen LogP) is 4.32. The second-order valence-electron chi connectivity index (χ2n) is 6.13. The minimum absolute atomic E-state index is 0.600. The lowest BCUT2D eigenvalue weighted by molar-refractivity contribution is 0.565. The van der Waals surface area contributed by atoms with Gasteiger partial charge in [0.2, 0.25) is 5.95 Å². The molecule has 1 saturated heterocycles. The van der Waals surface area contributed by atoms with Gasteiger partial charge in [-0.2, -0.15) is 4.98 Å². The molecular formula is C16H25BrN4. The van der Waals surface area contributed by atoms with Gasteiger partial charge in [-0.05, 0) is 55.0 Å². The van der Waals surface area contributed by atoms with Gasteiger partial charge in [-0.1, -0.05) is 12.8 Å². The molecule has 3 rings (SSSR count). The van der Waals surface area contributed by atoms with Gasteiger partial charge in [0.15, 0.2) is 0 Å². The highest BCUT2D eigenvalue weighted by Gasteiger charge is 2.25. The molecule has 1 aromatic heterocycles. The summed E-state index contributed by atoms with van der Waals surface area (Å²) in [6, 6.07) is 0. The molecule has 2 fully saturated rings. The summed E-state index contributed by atoms with van der Waals surface area (Å²) in [4.78, 5) is 12.1. The largest absolute Gasteiger partial charge is 0.369 e. The highest BCUT2D eigenvalue weighted by molar-refractivity contribution is 9.10. The van der Waals surface area contributed by atoms with Gasteiger partial charge < -0.3 is 10.2 Å². The number of halogens is 1. The van der Waals surface area contributed by atoms with E-state index < -0.39 is 0 Å². The molecule has 0 spiro atoms. The fraction of sp³-hybridized carbons (Fsp3) is 0.750. The third-order valence-corrected chi connectivity index (χ3v) is 5.37. The van der Waals surface area contributed by atoms with E-state index in [2.05, 4.69) is 33.1 Å². The van der Waals surface area contributed by atoms with Crippen LogP contribution in [0.3, 0.4) is 0 Å². The number of aromatic nitrogens is 2. The van der Waals surface area contributed by atoms with Crippen molar-refractivity contribution in [3.8, 4) is 0 Å². The van der Waals surface area contributed by atoms with Crippen LogP contribution in [0, 0.1) is 0 Å². The van der Waals surface area contributed by atoms with Crippen molar-refractivity contribution in [2.24, 2.45) is 0 Å². The summed E-state index contributed by atoms with van der Waals surface area (Å²) in [7, 11) is 0. The number of rotatable bonds is 4. The van der Waals surface area contributed by atoms with Gasteiger partial charge in [-0.25, -0.2) is 4.98 Å². The Morgan fingerprint density at radius 2 is 1.81 bits per heavy atom. The van der Waals surface area contributed by atoms with Crippen LogP contribution < -0.4 is 10.2 Å². The molecule has 1 N–H and O–H groups in total. The Morgan fingerprint density at radius 3 is 2.48 bits per heavy atom. The van der Waals surface area contributed by atoms with Gasteiger partial charge in [0.1, 0.15) is 5.82 Å². The van der Waals surface area contributed by atoms with E-state index in [-0.39, 0.29) is 0 Å². The molecule has 0 unspecified atom stereocenters. The normalized spacial score (nSPS) is 20.0. The van der Waals surface area contributed by atoms with Gasteiger partial charge in [-0.15, -0.1) is 0 Å². The summed E-state index contributed by atoms with van der Waals surface area (Å²) in [5.41, 5.74) is 1.22. The first-order valence-corrected chi connectivity index (χ1v) is 9.15. The molecule has 21 heavy (non-hydrogen) atoms. The maximum atomic E-state index is 4.95. The lowest BCUT2D eigenvalue weighted by Gasteiger charge is -2.28. The van der Waals surface area contributed by atoms with Gasteiger partial charge in [-0.3, -0.25) is 0 Å². The Balaban J connectivity index is 1.94. The number of piperidine rings is 1. The molecule has 0 amide bonds. The second kappa shape index (κ2) is 6.95.